The highest BCUT2D eigenvalue weighted by atomic mass is 79.9. The Morgan fingerprint density at radius 1 is 1.70 bits per heavy atom. The van der Waals surface area contributed by atoms with Crippen LogP contribution >= 0.6 is 27.3 Å². The summed E-state index contributed by atoms with van der Waals surface area (Å²) in [4.78, 5) is 14.8. The molecule has 0 aliphatic rings. The van der Waals surface area contributed by atoms with Crippen LogP contribution in [-0.4, -0.2) is 31.4 Å². The third-order valence-electron chi connectivity index (χ3n) is 2.64. The zero-order chi connectivity index (χ0) is 17.0. The third-order valence-corrected chi connectivity index (χ3v) is 4.73. The maximum absolute atomic E-state index is 11.2. The minimum atomic E-state index is -2.37. The number of thiazole rings is 1. The molecule has 2 aromatic rings. The van der Waals surface area contributed by atoms with E-state index in [1.165, 1.54) is 18.3 Å². The van der Waals surface area contributed by atoms with E-state index < -0.39 is 22.1 Å². The number of halogens is 1. The lowest BCUT2D eigenvalue weighted by Crippen LogP contribution is -2.18. The Morgan fingerprint density at radius 3 is 3.00 bits per heavy atom. The molecule has 0 aromatic carbocycles. The molecule has 2 aromatic heterocycles. The second-order valence-corrected chi connectivity index (χ2v) is 7.05. The number of nitrogens with zero attached hydrogens (tertiary/aromatic N) is 1. The molecule has 2 rings (SSSR count). The van der Waals surface area contributed by atoms with E-state index in [0.29, 0.717) is 11.4 Å². The lowest BCUT2D eigenvalue weighted by atomic mass is 10.2. The summed E-state index contributed by atoms with van der Waals surface area (Å²) in [5.74, 6) is -0.772. The van der Waals surface area contributed by atoms with Crippen LogP contribution in [0, 0.1) is 0 Å². The fourth-order valence-electron chi connectivity index (χ4n) is 1.75. The molecule has 0 saturated heterocycles. The fourth-order valence-corrected chi connectivity index (χ4v) is 3.19. The number of carbonyl (C=O) groups excluding carboxylic acids is 1. The number of hydrogen-bond donors (Lipinski definition) is 2. The summed E-state index contributed by atoms with van der Waals surface area (Å²) < 4.78 is 33.8. The summed E-state index contributed by atoms with van der Waals surface area (Å²) in [5.41, 5.74) is 0. The second kappa shape index (κ2) is 8.02. The molecule has 0 radical (unpaired) electrons. The zero-order valence-electron chi connectivity index (χ0n) is 11.8. The lowest BCUT2D eigenvalue weighted by molar-refractivity contribution is -0.132. The number of alkyl halides is 1. The average Bonchev–Trinajstić information content (AvgIpc) is 3.07. The van der Waals surface area contributed by atoms with Crippen molar-refractivity contribution in [1.29, 1.82) is 0 Å². The Balaban J connectivity index is 2.30. The van der Waals surface area contributed by atoms with Gasteiger partial charge in [-0.25, -0.2) is 9.71 Å². The smallest absolute Gasteiger partial charge is 0.308 e. The van der Waals surface area contributed by atoms with Gasteiger partial charge in [0.25, 0.3) is 0 Å². The lowest BCUT2D eigenvalue weighted by Gasteiger charge is -2.11. The molecule has 23 heavy (non-hydrogen) atoms. The molecule has 126 valence electrons. The molecule has 0 fully saturated rings. The summed E-state index contributed by atoms with van der Waals surface area (Å²) in [6.45, 7) is 1.34. The van der Waals surface area contributed by atoms with Crippen molar-refractivity contribution in [2.45, 2.75) is 18.2 Å². The number of aromatic nitrogens is 1. The largest absolute Gasteiger partial charge is 0.760 e. The average molecular weight is 424 g/mol. The van der Waals surface area contributed by atoms with Gasteiger partial charge in [0.2, 0.25) is 17.3 Å². The second-order valence-electron chi connectivity index (χ2n) is 4.29. The van der Waals surface area contributed by atoms with Crippen LogP contribution < -0.4 is 9.46 Å². The topological polar surface area (TPSA) is 125 Å². The van der Waals surface area contributed by atoms with Crippen LogP contribution in [0.1, 0.15) is 23.9 Å². The van der Waals surface area contributed by atoms with Crippen molar-refractivity contribution in [1.82, 2.24) is 9.71 Å². The van der Waals surface area contributed by atoms with E-state index in [1.807, 2.05) is 0 Å². The molecule has 2 unspecified atom stereocenters. The minimum absolute atomic E-state index is 0.0936. The molecular formula is C12H12BrN2O6S2-. The van der Waals surface area contributed by atoms with Crippen LogP contribution in [0.25, 0.3) is 10.8 Å². The molecule has 2 heterocycles. The number of nitrogens with one attached hydrogen (secondary N) is 1. The van der Waals surface area contributed by atoms with Gasteiger partial charge in [0, 0.05) is 36.3 Å². The van der Waals surface area contributed by atoms with Crippen molar-refractivity contribution in [2.24, 2.45) is 0 Å². The van der Waals surface area contributed by atoms with E-state index in [1.54, 1.807) is 11.6 Å². The van der Waals surface area contributed by atoms with Gasteiger partial charge < -0.3 is 18.8 Å². The zero-order valence-corrected chi connectivity index (χ0v) is 15.0. The highest BCUT2D eigenvalue weighted by molar-refractivity contribution is 9.09. The van der Waals surface area contributed by atoms with Gasteiger partial charge >= 0.3 is 5.97 Å². The molecule has 0 amide bonds. The van der Waals surface area contributed by atoms with Gasteiger partial charge in [0.15, 0.2) is 10.8 Å². The first-order valence-corrected chi connectivity index (χ1v) is 9.18. The van der Waals surface area contributed by atoms with Gasteiger partial charge in [-0.2, -0.15) is 0 Å². The fraction of sp³-hybridized carbons (Fsp3) is 0.333. The molecule has 0 spiro atoms. The predicted molar refractivity (Wildman–Crippen MR) is 86.0 cm³/mol. The Bertz CT molecular complexity index is 703. The Morgan fingerprint density at radius 2 is 2.43 bits per heavy atom. The number of furan rings is 1. The monoisotopic (exact) mass is 423 g/mol. The standard InChI is InChI=1S/C12H13BrN2O6S2/c1-6(16)20-10-8(17)11(12-14-4-5-22-12)21-9(10)7(13)2-3-15-23(18)19/h4-5,7,15,17H,2-3H2,1H3,(H,18,19)/p-1. The summed E-state index contributed by atoms with van der Waals surface area (Å²) in [7, 11) is 0. The number of carbonyl (C=O) groups is 1. The SMILES string of the molecule is CC(=O)Oc1c(C(Br)CCNS(=O)[O-])oc(-c2nccs2)c1O. The summed E-state index contributed by atoms with van der Waals surface area (Å²) in [6, 6.07) is 0. The molecule has 0 bridgehead atoms. The molecule has 0 saturated carbocycles. The van der Waals surface area contributed by atoms with E-state index in [0.717, 1.165) is 0 Å². The van der Waals surface area contributed by atoms with Gasteiger partial charge in [-0.1, -0.05) is 15.9 Å². The van der Waals surface area contributed by atoms with E-state index in [2.05, 4.69) is 25.6 Å². The van der Waals surface area contributed by atoms with Gasteiger partial charge in [0.1, 0.15) is 0 Å². The van der Waals surface area contributed by atoms with Gasteiger partial charge in [0.05, 0.1) is 4.83 Å². The quantitative estimate of drug-likeness (QED) is 0.397. The normalized spacial score (nSPS) is 13.7. The maximum Gasteiger partial charge on any atom is 0.308 e. The van der Waals surface area contributed by atoms with Crippen molar-refractivity contribution in [3.63, 3.8) is 0 Å². The predicted octanol–water partition coefficient (Wildman–Crippen LogP) is 2.24. The van der Waals surface area contributed by atoms with Crippen molar-refractivity contribution in [2.75, 3.05) is 6.54 Å². The Labute approximate surface area is 146 Å². The molecule has 2 N–H and O–H groups in total. The first-order chi connectivity index (χ1) is 10.9. The van der Waals surface area contributed by atoms with Crippen LogP contribution in [-0.2, 0) is 16.1 Å². The molecular weight excluding hydrogens is 412 g/mol. The highest BCUT2D eigenvalue weighted by Crippen LogP contribution is 2.48. The minimum Gasteiger partial charge on any atom is -0.760 e. The Hall–Kier alpha value is -1.27. The summed E-state index contributed by atoms with van der Waals surface area (Å²) in [5, 5.41) is 12.4. The molecule has 0 aliphatic heterocycles. The van der Waals surface area contributed by atoms with Gasteiger partial charge in [-0.3, -0.25) is 9.00 Å². The molecule has 8 nitrogen and oxygen atoms in total. The number of aromatic hydroxyl groups is 1. The van der Waals surface area contributed by atoms with Crippen LogP contribution in [0.2, 0.25) is 0 Å². The van der Waals surface area contributed by atoms with Crippen LogP contribution in [0.5, 0.6) is 11.5 Å². The van der Waals surface area contributed by atoms with Crippen molar-refractivity contribution >= 4 is 44.5 Å². The van der Waals surface area contributed by atoms with Crippen molar-refractivity contribution < 1.29 is 27.8 Å². The van der Waals surface area contributed by atoms with Crippen LogP contribution in [0.4, 0.5) is 0 Å². The highest BCUT2D eigenvalue weighted by Gasteiger charge is 2.29. The van der Waals surface area contributed by atoms with Crippen molar-refractivity contribution in [3.05, 3.63) is 17.3 Å². The molecule has 0 aliphatic carbocycles. The number of ether oxygens (including phenoxy) is 1. The molecule has 2 atom stereocenters. The van der Waals surface area contributed by atoms with Crippen molar-refractivity contribution in [3.8, 4) is 22.3 Å². The van der Waals surface area contributed by atoms with E-state index in [4.69, 9.17) is 9.15 Å². The van der Waals surface area contributed by atoms with E-state index in [-0.39, 0.29) is 29.6 Å². The van der Waals surface area contributed by atoms with Crippen LogP contribution in [0.15, 0.2) is 16.0 Å². The maximum atomic E-state index is 11.2. The number of rotatable bonds is 7. The Kier molecular flexibility index (Phi) is 6.30. The van der Waals surface area contributed by atoms with E-state index >= 15 is 0 Å². The van der Waals surface area contributed by atoms with Crippen LogP contribution in [0.3, 0.4) is 0 Å². The molecule has 11 heteroatoms. The van der Waals surface area contributed by atoms with Gasteiger partial charge in [-0.15, -0.1) is 11.3 Å². The number of hydrogen-bond acceptors (Lipinski definition) is 8. The number of esters is 1. The van der Waals surface area contributed by atoms with E-state index in [9.17, 15) is 18.7 Å². The first kappa shape index (κ1) is 18.1. The third kappa shape index (κ3) is 4.61. The first-order valence-electron chi connectivity index (χ1n) is 6.31. The van der Waals surface area contributed by atoms with Gasteiger partial charge in [-0.05, 0) is 6.42 Å². The summed E-state index contributed by atoms with van der Waals surface area (Å²) >= 11 is 2.21. The summed E-state index contributed by atoms with van der Waals surface area (Å²) in [6.07, 6.45) is 1.86.